The number of nitrogens with one attached hydrogen (secondary N) is 1. The third kappa shape index (κ3) is 6.37. The van der Waals surface area contributed by atoms with Gasteiger partial charge in [0.25, 0.3) is 0 Å². The number of carboxylic acid groups (broad SMARTS) is 1. The molecule has 2 aliphatic rings. The van der Waals surface area contributed by atoms with Crippen molar-refractivity contribution in [1.29, 1.82) is 0 Å². The number of alkyl halides is 3. The summed E-state index contributed by atoms with van der Waals surface area (Å²) in [6.07, 6.45) is -1.02. The molecule has 0 radical (unpaired) electrons. The topological polar surface area (TPSA) is 105 Å². The number of hydrogen-bond acceptors (Lipinski definition) is 7. The van der Waals surface area contributed by atoms with Crippen molar-refractivity contribution >= 4 is 29.0 Å². The van der Waals surface area contributed by atoms with Crippen LogP contribution in [0.5, 0.6) is 0 Å². The first-order chi connectivity index (χ1) is 14.7. The molecular formula is C19H21F3N4O4S. The van der Waals surface area contributed by atoms with Crippen LogP contribution in [0.3, 0.4) is 0 Å². The SMILES string of the molecule is O=C(C[C@@H]1CO[C@@H]2CN(c3ccncn3)C[C@H]12)NCc1cccs1.O=C(O)C(F)(F)F. The highest BCUT2D eigenvalue weighted by atomic mass is 32.1. The third-order valence-electron chi connectivity index (χ3n) is 5.06. The Morgan fingerprint density at radius 1 is 1.32 bits per heavy atom. The molecular weight excluding hydrogens is 437 g/mol. The van der Waals surface area contributed by atoms with Gasteiger partial charge in [-0.2, -0.15) is 13.2 Å². The van der Waals surface area contributed by atoms with E-state index in [1.807, 2.05) is 23.6 Å². The largest absolute Gasteiger partial charge is 0.490 e. The highest BCUT2D eigenvalue weighted by molar-refractivity contribution is 7.09. The Bertz CT molecular complexity index is 867. The number of rotatable bonds is 5. The molecule has 168 valence electrons. The van der Waals surface area contributed by atoms with Crippen molar-refractivity contribution in [3.8, 4) is 0 Å². The number of anilines is 1. The summed E-state index contributed by atoms with van der Waals surface area (Å²) < 4.78 is 37.7. The second kappa shape index (κ2) is 10.1. The van der Waals surface area contributed by atoms with E-state index in [2.05, 4.69) is 20.2 Å². The van der Waals surface area contributed by atoms with Crippen LogP contribution >= 0.6 is 11.3 Å². The molecule has 1 amide bonds. The summed E-state index contributed by atoms with van der Waals surface area (Å²) in [6.45, 7) is 3.03. The molecule has 3 atom stereocenters. The Morgan fingerprint density at radius 3 is 2.71 bits per heavy atom. The first-order valence-corrected chi connectivity index (χ1v) is 10.3. The molecule has 0 aromatic carbocycles. The van der Waals surface area contributed by atoms with Gasteiger partial charge < -0.3 is 20.1 Å². The van der Waals surface area contributed by atoms with Crippen LogP contribution in [-0.2, 0) is 20.9 Å². The highest BCUT2D eigenvalue weighted by Gasteiger charge is 2.44. The van der Waals surface area contributed by atoms with E-state index in [1.54, 1.807) is 23.9 Å². The standard InChI is InChI=1S/C17H20N4O2S.C2HF3O2/c22-17(19-7-13-2-1-5-24-13)6-12-10-23-15-9-21(8-14(12)15)16-3-4-18-11-20-16;3-2(4,5)1(6)7/h1-5,11-12,14-15H,6-10H2,(H,19,22);(H,6,7)/t12-,14-,15-;/m1./s1. The van der Waals surface area contributed by atoms with Gasteiger partial charge >= 0.3 is 12.1 Å². The summed E-state index contributed by atoms with van der Waals surface area (Å²) in [6, 6.07) is 5.96. The molecule has 0 aliphatic carbocycles. The van der Waals surface area contributed by atoms with Crippen molar-refractivity contribution in [2.24, 2.45) is 11.8 Å². The lowest BCUT2D eigenvalue weighted by atomic mass is 9.90. The van der Waals surface area contributed by atoms with Crippen molar-refractivity contribution in [2.45, 2.75) is 25.2 Å². The fraction of sp³-hybridized carbons (Fsp3) is 0.474. The van der Waals surface area contributed by atoms with E-state index in [1.165, 1.54) is 4.88 Å². The second-order valence-electron chi connectivity index (χ2n) is 7.13. The minimum atomic E-state index is -5.08. The number of halogens is 3. The number of carbonyl (C=O) groups is 2. The molecule has 0 saturated carbocycles. The highest BCUT2D eigenvalue weighted by Crippen LogP contribution is 2.36. The third-order valence-corrected chi connectivity index (χ3v) is 5.94. The number of aromatic nitrogens is 2. The number of fused-ring (bicyclic) bond motifs is 1. The van der Waals surface area contributed by atoms with Gasteiger partial charge in [-0.1, -0.05) is 6.07 Å². The maximum absolute atomic E-state index is 12.2. The fourth-order valence-electron chi connectivity index (χ4n) is 3.58. The minimum absolute atomic E-state index is 0.109. The van der Waals surface area contributed by atoms with Crippen molar-refractivity contribution in [2.75, 3.05) is 24.6 Å². The Hall–Kier alpha value is -2.73. The molecule has 8 nitrogen and oxygen atoms in total. The van der Waals surface area contributed by atoms with E-state index in [4.69, 9.17) is 14.6 Å². The lowest BCUT2D eigenvalue weighted by molar-refractivity contribution is -0.192. The van der Waals surface area contributed by atoms with Gasteiger partial charge in [0.05, 0.1) is 19.3 Å². The molecule has 31 heavy (non-hydrogen) atoms. The van der Waals surface area contributed by atoms with Gasteiger partial charge in [0.1, 0.15) is 12.1 Å². The van der Waals surface area contributed by atoms with Gasteiger partial charge in [0.15, 0.2) is 0 Å². The zero-order chi connectivity index (χ0) is 22.4. The molecule has 2 aromatic heterocycles. The number of thiophene rings is 1. The molecule has 2 saturated heterocycles. The number of carboxylic acids is 1. The Kier molecular flexibility index (Phi) is 7.44. The summed E-state index contributed by atoms with van der Waals surface area (Å²) in [4.78, 5) is 32.8. The molecule has 12 heteroatoms. The van der Waals surface area contributed by atoms with Gasteiger partial charge in [-0.25, -0.2) is 14.8 Å². The van der Waals surface area contributed by atoms with Crippen LogP contribution in [0.25, 0.3) is 0 Å². The van der Waals surface area contributed by atoms with Crippen LogP contribution < -0.4 is 10.2 Å². The van der Waals surface area contributed by atoms with Gasteiger partial charge in [-0.05, 0) is 23.4 Å². The van der Waals surface area contributed by atoms with E-state index in [9.17, 15) is 18.0 Å². The number of amides is 1. The monoisotopic (exact) mass is 458 g/mol. The quantitative estimate of drug-likeness (QED) is 0.709. The van der Waals surface area contributed by atoms with Crippen LogP contribution in [0.4, 0.5) is 19.0 Å². The smallest absolute Gasteiger partial charge is 0.475 e. The van der Waals surface area contributed by atoms with Crippen molar-refractivity contribution in [3.05, 3.63) is 41.0 Å². The van der Waals surface area contributed by atoms with Gasteiger partial charge in [-0.3, -0.25) is 4.79 Å². The van der Waals surface area contributed by atoms with Crippen molar-refractivity contribution in [1.82, 2.24) is 15.3 Å². The molecule has 4 heterocycles. The Morgan fingerprint density at radius 2 is 2.10 bits per heavy atom. The Balaban J connectivity index is 0.000000339. The lowest BCUT2D eigenvalue weighted by Crippen LogP contribution is -2.29. The molecule has 2 aliphatic heterocycles. The maximum Gasteiger partial charge on any atom is 0.490 e. The van der Waals surface area contributed by atoms with Crippen LogP contribution in [0.1, 0.15) is 11.3 Å². The van der Waals surface area contributed by atoms with E-state index >= 15 is 0 Å². The summed E-state index contributed by atoms with van der Waals surface area (Å²) in [5, 5.41) is 12.2. The summed E-state index contributed by atoms with van der Waals surface area (Å²) in [7, 11) is 0. The van der Waals surface area contributed by atoms with Crippen LogP contribution in [0, 0.1) is 11.8 Å². The van der Waals surface area contributed by atoms with E-state index in [-0.39, 0.29) is 17.9 Å². The van der Waals surface area contributed by atoms with Gasteiger partial charge in [0, 0.05) is 36.5 Å². The summed E-state index contributed by atoms with van der Waals surface area (Å²) >= 11 is 1.66. The van der Waals surface area contributed by atoms with Crippen LogP contribution in [-0.4, -0.2) is 58.9 Å². The molecule has 4 rings (SSSR count). The molecule has 0 bridgehead atoms. The predicted molar refractivity (Wildman–Crippen MR) is 105 cm³/mol. The average Bonchev–Trinajstić information content (AvgIpc) is 3.46. The predicted octanol–water partition coefficient (Wildman–Crippen LogP) is 2.33. The molecule has 2 N–H and O–H groups in total. The van der Waals surface area contributed by atoms with Crippen molar-refractivity contribution in [3.63, 3.8) is 0 Å². The number of carbonyl (C=O) groups excluding carboxylic acids is 1. The maximum atomic E-state index is 12.2. The summed E-state index contributed by atoms with van der Waals surface area (Å²) in [5.41, 5.74) is 0. The average molecular weight is 458 g/mol. The van der Waals surface area contributed by atoms with E-state index in [0.29, 0.717) is 25.5 Å². The van der Waals surface area contributed by atoms with Crippen molar-refractivity contribution < 1.29 is 32.6 Å². The van der Waals surface area contributed by atoms with Gasteiger partial charge in [0.2, 0.25) is 5.91 Å². The first-order valence-electron chi connectivity index (χ1n) is 9.45. The normalized spacial score (nSPS) is 22.4. The number of ether oxygens (including phenoxy) is 1. The first kappa shape index (κ1) is 22.9. The number of nitrogens with zero attached hydrogens (tertiary/aromatic N) is 3. The summed E-state index contributed by atoms with van der Waals surface area (Å²) in [5.74, 6) is -1.04. The minimum Gasteiger partial charge on any atom is -0.475 e. The Labute approximate surface area is 180 Å². The fourth-order valence-corrected chi connectivity index (χ4v) is 4.22. The zero-order valence-corrected chi connectivity index (χ0v) is 17.1. The number of aliphatic carboxylic acids is 1. The van der Waals surface area contributed by atoms with Crippen LogP contribution in [0.15, 0.2) is 36.1 Å². The van der Waals surface area contributed by atoms with Gasteiger partial charge in [-0.15, -0.1) is 11.3 Å². The molecule has 2 fully saturated rings. The van der Waals surface area contributed by atoms with E-state index in [0.717, 1.165) is 18.9 Å². The number of hydrogen-bond donors (Lipinski definition) is 2. The molecule has 0 unspecified atom stereocenters. The van der Waals surface area contributed by atoms with Crippen LogP contribution in [0.2, 0.25) is 0 Å². The second-order valence-corrected chi connectivity index (χ2v) is 8.16. The molecule has 0 spiro atoms. The molecule has 2 aromatic rings. The van der Waals surface area contributed by atoms with E-state index < -0.39 is 12.1 Å². The lowest BCUT2D eigenvalue weighted by Gasteiger charge is -2.20. The zero-order valence-electron chi connectivity index (χ0n) is 16.3.